The van der Waals surface area contributed by atoms with Crippen molar-refractivity contribution >= 4 is 5.91 Å². The normalized spacial score (nSPS) is 15.8. The summed E-state index contributed by atoms with van der Waals surface area (Å²) in [6, 6.07) is 8.06. The first-order valence-corrected chi connectivity index (χ1v) is 8.96. The molecule has 1 aromatic heterocycles. The van der Waals surface area contributed by atoms with Crippen LogP contribution in [0.3, 0.4) is 0 Å². The first-order valence-electron chi connectivity index (χ1n) is 8.96. The largest absolute Gasteiger partial charge is 0.335 e. The Morgan fingerprint density at radius 1 is 1.08 bits per heavy atom. The van der Waals surface area contributed by atoms with Crippen LogP contribution in [0.2, 0.25) is 0 Å². The van der Waals surface area contributed by atoms with Crippen LogP contribution in [0, 0.1) is 19.8 Å². The van der Waals surface area contributed by atoms with Crippen LogP contribution >= 0.6 is 0 Å². The predicted octanol–water partition coefficient (Wildman–Crippen LogP) is 2.30. The molecule has 3 rings (SSSR count). The molecule has 6 heteroatoms. The number of rotatable bonds is 4. The number of hydrogen-bond donors (Lipinski definition) is 0. The fourth-order valence-electron chi connectivity index (χ4n) is 3.26. The molecular formula is C19H27N5O. The number of carbonyl (C=O) groups is 1. The lowest BCUT2D eigenvalue weighted by Gasteiger charge is -2.35. The summed E-state index contributed by atoms with van der Waals surface area (Å²) in [7, 11) is 0. The topological polar surface area (TPSA) is 54.3 Å². The molecular weight excluding hydrogens is 314 g/mol. The summed E-state index contributed by atoms with van der Waals surface area (Å²) in [5.41, 5.74) is 3.37. The summed E-state index contributed by atoms with van der Waals surface area (Å²) in [5, 5.41) is 8.36. The van der Waals surface area contributed by atoms with E-state index in [4.69, 9.17) is 0 Å². The Morgan fingerprint density at radius 2 is 1.72 bits per heavy atom. The SMILES string of the molecule is Cc1ccc(-n2nnc(C(=O)N3CCN(CC(C)C)CC3)c2C)cc1. The van der Waals surface area contributed by atoms with Gasteiger partial charge in [-0.05, 0) is 31.9 Å². The second-order valence-corrected chi connectivity index (χ2v) is 7.26. The van der Waals surface area contributed by atoms with E-state index in [1.807, 2.05) is 43.0 Å². The Bertz CT molecular complexity index is 727. The van der Waals surface area contributed by atoms with Gasteiger partial charge in [0.05, 0.1) is 11.4 Å². The molecule has 0 atom stereocenters. The van der Waals surface area contributed by atoms with Crippen molar-refractivity contribution < 1.29 is 4.79 Å². The molecule has 134 valence electrons. The quantitative estimate of drug-likeness (QED) is 0.856. The van der Waals surface area contributed by atoms with Crippen molar-refractivity contribution in [3.05, 3.63) is 41.2 Å². The second kappa shape index (κ2) is 7.35. The zero-order valence-electron chi connectivity index (χ0n) is 15.6. The van der Waals surface area contributed by atoms with Crippen molar-refractivity contribution in [3.63, 3.8) is 0 Å². The zero-order chi connectivity index (χ0) is 18.0. The van der Waals surface area contributed by atoms with Crippen molar-refractivity contribution in [2.45, 2.75) is 27.7 Å². The summed E-state index contributed by atoms with van der Waals surface area (Å²) in [6.07, 6.45) is 0. The third kappa shape index (κ3) is 3.90. The minimum atomic E-state index is -0.0138. The van der Waals surface area contributed by atoms with E-state index in [2.05, 4.69) is 29.1 Å². The fourth-order valence-corrected chi connectivity index (χ4v) is 3.26. The lowest BCUT2D eigenvalue weighted by molar-refractivity contribution is 0.0617. The molecule has 0 saturated carbocycles. The molecule has 1 saturated heterocycles. The molecule has 2 aromatic rings. The summed E-state index contributed by atoms with van der Waals surface area (Å²) in [6.45, 7) is 12.8. The maximum absolute atomic E-state index is 12.8. The van der Waals surface area contributed by atoms with Crippen LogP contribution in [0.25, 0.3) is 5.69 Å². The van der Waals surface area contributed by atoms with Gasteiger partial charge in [-0.15, -0.1) is 5.10 Å². The Kier molecular flexibility index (Phi) is 5.18. The van der Waals surface area contributed by atoms with Gasteiger partial charge >= 0.3 is 0 Å². The van der Waals surface area contributed by atoms with Crippen LogP contribution in [0.15, 0.2) is 24.3 Å². The highest BCUT2D eigenvalue weighted by Gasteiger charge is 2.26. The Labute approximate surface area is 149 Å². The van der Waals surface area contributed by atoms with Crippen LogP contribution in [-0.4, -0.2) is 63.4 Å². The average Bonchev–Trinajstić information content (AvgIpc) is 2.97. The fraction of sp³-hybridized carbons (Fsp3) is 0.526. The van der Waals surface area contributed by atoms with Crippen LogP contribution in [-0.2, 0) is 0 Å². The summed E-state index contributed by atoms with van der Waals surface area (Å²) < 4.78 is 1.74. The van der Waals surface area contributed by atoms with Gasteiger partial charge < -0.3 is 4.90 Å². The van der Waals surface area contributed by atoms with Gasteiger partial charge in [0.1, 0.15) is 0 Å². The van der Waals surface area contributed by atoms with E-state index in [1.54, 1.807) is 4.68 Å². The van der Waals surface area contributed by atoms with Gasteiger partial charge in [0, 0.05) is 32.7 Å². The van der Waals surface area contributed by atoms with E-state index in [0.717, 1.165) is 44.1 Å². The number of piperazine rings is 1. The van der Waals surface area contributed by atoms with Gasteiger partial charge in [0.15, 0.2) is 5.69 Å². The maximum Gasteiger partial charge on any atom is 0.276 e. The number of hydrogen-bond acceptors (Lipinski definition) is 4. The molecule has 1 aliphatic heterocycles. The highest BCUT2D eigenvalue weighted by molar-refractivity contribution is 5.93. The smallest absolute Gasteiger partial charge is 0.276 e. The van der Waals surface area contributed by atoms with E-state index < -0.39 is 0 Å². The Balaban J connectivity index is 1.70. The number of benzene rings is 1. The number of carbonyl (C=O) groups excluding carboxylic acids is 1. The molecule has 1 amide bonds. The van der Waals surface area contributed by atoms with Crippen LogP contribution in [0.1, 0.15) is 35.6 Å². The highest BCUT2D eigenvalue weighted by atomic mass is 16.2. The molecule has 1 aliphatic rings. The van der Waals surface area contributed by atoms with Gasteiger partial charge in [-0.25, -0.2) is 4.68 Å². The van der Waals surface area contributed by atoms with E-state index in [9.17, 15) is 4.79 Å². The average molecular weight is 341 g/mol. The Morgan fingerprint density at radius 3 is 2.32 bits per heavy atom. The monoisotopic (exact) mass is 341 g/mol. The summed E-state index contributed by atoms with van der Waals surface area (Å²) in [5.74, 6) is 0.638. The number of amides is 1. The van der Waals surface area contributed by atoms with E-state index in [0.29, 0.717) is 11.6 Å². The standard InChI is InChI=1S/C19H27N5O/c1-14(2)13-22-9-11-23(12-10-22)19(25)18-16(4)24(21-20-18)17-7-5-15(3)6-8-17/h5-8,14H,9-13H2,1-4H3. The van der Waals surface area contributed by atoms with Crippen LogP contribution in [0.4, 0.5) is 0 Å². The number of nitrogens with zero attached hydrogens (tertiary/aromatic N) is 5. The van der Waals surface area contributed by atoms with Crippen molar-refractivity contribution in [1.82, 2.24) is 24.8 Å². The third-order valence-electron chi connectivity index (χ3n) is 4.66. The molecule has 1 fully saturated rings. The molecule has 0 N–H and O–H groups in total. The maximum atomic E-state index is 12.8. The molecule has 0 aliphatic carbocycles. The molecule has 0 unspecified atom stereocenters. The number of aryl methyl sites for hydroxylation is 1. The Hall–Kier alpha value is -2.21. The van der Waals surface area contributed by atoms with Crippen molar-refractivity contribution in [2.75, 3.05) is 32.7 Å². The lowest BCUT2D eigenvalue weighted by Crippen LogP contribution is -2.49. The summed E-state index contributed by atoms with van der Waals surface area (Å²) in [4.78, 5) is 17.2. The van der Waals surface area contributed by atoms with Crippen molar-refractivity contribution in [2.24, 2.45) is 5.92 Å². The molecule has 0 spiro atoms. The van der Waals surface area contributed by atoms with E-state index >= 15 is 0 Å². The van der Waals surface area contributed by atoms with Crippen molar-refractivity contribution in [1.29, 1.82) is 0 Å². The minimum Gasteiger partial charge on any atom is -0.335 e. The van der Waals surface area contributed by atoms with Crippen molar-refractivity contribution in [3.8, 4) is 5.69 Å². The first-order chi connectivity index (χ1) is 12.0. The zero-order valence-corrected chi connectivity index (χ0v) is 15.6. The van der Waals surface area contributed by atoms with Gasteiger partial charge in [0.2, 0.25) is 0 Å². The molecule has 0 radical (unpaired) electrons. The molecule has 2 heterocycles. The van der Waals surface area contributed by atoms with Gasteiger partial charge in [-0.1, -0.05) is 36.8 Å². The van der Waals surface area contributed by atoms with Gasteiger partial charge in [-0.3, -0.25) is 9.69 Å². The minimum absolute atomic E-state index is 0.0138. The van der Waals surface area contributed by atoms with E-state index in [1.165, 1.54) is 5.56 Å². The van der Waals surface area contributed by atoms with Gasteiger partial charge in [-0.2, -0.15) is 0 Å². The highest BCUT2D eigenvalue weighted by Crippen LogP contribution is 2.16. The molecule has 0 bridgehead atoms. The summed E-state index contributed by atoms with van der Waals surface area (Å²) >= 11 is 0. The second-order valence-electron chi connectivity index (χ2n) is 7.26. The van der Waals surface area contributed by atoms with Crippen LogP contribution in [0.5, 0.6) is 0 Å². The van der Waals surface area contributed by atoms with Crippen LogP contribution < -0.4 is 0 Å². The number of aromatic nitrogens is 3. The lowest BCUT2D eigenvalue weighted by atomic mass is 10.2. The molecule has 25 heavy (non-hydrogen) atoms. The third-order valence-corrected chi connectivity index (χ3v) is 4.66. The predicted molar refractivity (Wildman–Crippen MR) is 98.0 cm³/mol. The molecule has 1 aromatic carbocycles. The van der Waals surface area contributed by atoms with Gasteiger partial charge in [0.25, 0.3) is 5.91 Å². The van der Waals surface area contributed by atoms with E-state index in [-0.39, 0.29) is 5.91 Å². The first kappa shape index (κ1) is 17.6. The molecule has 6 nitrogen and oxygen atoms in total.